The molecule has 0 saturated heterocycles. The first-order chi connectivity index (χ1) is 8.13. The number of thiophene rings is 1. The van der Waals surface area contributed by atoms with E-state index in [1.54, 1.807) is 11.4 Å². The molecule has 0 aliphatic carbocycles. The van der Waals surface area contributed by atoms with Gasteiger partial charge >= 0.3 is 0 Å². The topological polar surface area (TPSA) is 26.3 Å². The number of carbonyl (C=O) groups excluding carboxylic acids is 1. The quantitative estimate of drug-likeness (QED) is 0.786. The average Bonchev–Trinajstić information content (AvgIpc) is 2.79. The highest BCUT2D eigenvalue weighted by molar-refractivity contribution is 7.12. The lowest BCUT2D eigenvalue weighted by atomic mass is 10.1. The van der Waals surface area contributed by atoms with Crippen LogP contribution in [0.25, 0.3) is 0 Å². The van der Waals surface area contributed by atoms with Gasteiger partial charge in [0, 0.05) is 0 Å². The molecule has 0 amide bonds. The molecule has 5 heteroatoms. The lowest BCUT2D eigenvalue weighted by molar-refractivity contribution is 0.103. The van der Waals surface area contributed by atoms with Crippen molar-refractivity contribution < 1.29 is 18.3 Å². The van der Waals surface area contributed by atoms with Gasteiger partial charge in [0.2, 0.25) is 5.78 Å². The Morgan fingerprint density at radius 1 is 1.29 bits per heavy atom. The van der Waals surface area contributed by atoms with Crippen molar-refractivity contribution in [3.05, 3.63) is 51.7 Å². The normalized spacial score (nSPS) is 10.3. The Balaban J connectivity index is 2.47. The molecule has 0 aliphatic heterocycles. The Bertz CT molecular complexity index is 563. The summed E-state index contributed by atoms with van der Waals surface area (Å²) >= 11 is 1.13. The molecule has 0 spiro atoms. The number of benzene rings is 1. The molecule has 0 unspecified atom stereocenters. The van der Waals surface area contributed by atoms with Crippen LogP contribution in [0.4, 0.5) is 8.78 Å². The summed E-state index contributed by atoms with van der Waals surface area (Å²) in [6.45, 7) is 0. The number of hydrogen-bond acceptors (Lipinski definition) is 3. The van der Waals surface area contributed by atoms with E-state index in [0.29, 0.717) is 5.75 Å². The fourth-order valence-electron chi connectivity index (χ4n) is 1.42. The van der Waals surface area contributed by atoms with Crippen LogP contribution in [-0.4, -0.2) is 12.9 Å². The average molecular weight is 254 g/mol. The van der Waals surface area contributed by atoms with Gasteiger partial charge in [-0.1, -0.05) is 0 Å². The first-order valence-corrected chi connectivity index (χ1v) is 5.62. The summed E-state index contributed by atoms with van der Waals surface area (Å²) in [6.07, 6.45) is 0. The van der Waals surface area contributed by atoms with Gasteiger partial charge in [-0.15, -0.1) is 11.3 Å². The minimum Gasteiger partial charge on any atom is -0.495 e. The molecule has 0 aliphatic rings. The minimum absolute atomic E-state index is 0.261. The second-order valence-electron chi connectivity index (χ2n) is 3.27. The van der Waals surface area contributed by atoms with Crippen molar-refractivity contribution in [3.8, 4) is 5.75 Å². The molecule has 1 aromatic heterocycles. The Morgan fingerprint density at radius 2 is 2.06 bits per heavy atom. The van der Waals surface area contributed by atoms with Crippen LogP contribution in [0.1, 0.15) is 15.2 Å². The smallest absolute Gasteiger partial charge is 0.209 e. The van der Waals surface area contributed by atoms with Gasteiger partial charge in [-0.25, -0.2) is 8.78 Å². The van der Waals surface area contributed by atoms with E-state index in [-0.39, 0.29) is 10.4 Å². The molecule has 2 nitrogen and oxygen atoms in total. The predicted octanol–water partition coefficient (Wildman–Crippen LogP) is 3.27. The van der Waals surface area contributed by atoms with E-state index in [4.69, 9.17) is 4.74 Å². The molecule has 2 aromatic rings. The third-order valence-electron chi connectivity index (χ3n) is 2.23. The van der Waals surface area contributed by atoms with Crippen LogP contribution in [0.15, 0.2) is 29.6 Å². The molecule has 0 saturated carbocycles. The van der Waals surface area contributed by atoms with E-state index in [1.165, 1.54) is 7.11 Å². The number of methoxy groups -OCH3 is 1. The molecular formula is C12H8F2O2S. The predicted molar refractivity (Wildman–Crippen MR) is 60.7 cm³/mol. The Kier molecular flexibility index (Phi) is 3.19. The third kappa shape index (κ3) is 2.19. The van der Waals surface area contributed by atoms with Gasteiger partial charge in [0.05, 0.1) is 12.7 Å². The summed E-state index contributed by atoms with van der Waals surface area (Å²) in [5.41, 5.74) is -0.286. The monoisotopic (exact) mass is 254 g/mol. The zero-order chi connectivity index (χ0) is 12.4. The summed E-state index contributed by atoms with van der Waals surface area (Å²) in [6, 6.07) is 4.40. The zero-order valence-electron chi connectivity index (χ0n) is 8.87. The van der Waals surface area contributed by atoms with Crippen molar-refractivity contribution in [1.29, 1.82) is 0 Å². The standard InChI is InChI=1S/C12H8F2O2S/c1-16-10-4-5-17-12(10)11(15)8-6-7(13)2-3-9(8)14/h2-6H,1H3. The number of ether oxygens (including phenoxy) is 1. The van der Waals surface area contributed by atoms with Crippen LogP contribution >= 0.6 is 11.3 Å². The number of hydrogen-bond donors (Lipinski definition) is 0. The number of halogens is 2. The van der Waals surface area contributed by atoms with Crippen molar-refractivity contribution >= 4 is 17.1 Å². The van der Waals surface area contributed by atoms with Crippen molar-refractivity contribution in [2.24, 2.45) is 0 Å². The van der Waals surface area contributed by atoms with Crippen LogP contribution in [0.3, 0.4) is 0 Å². The molecule has 0 fully saturated rings. The molecule has 2 rings (SSSR count). The molecule has 0 bridgehead atoms. The molecule has 0 radical (unpaired) electrons. The van der Waals surface area contributed by atoms with Crippen LogP contribution < -0.4 is 4.74 Å². The molecular weight excluding hydrogens is 246 g/mol. The SMILES string of the molecule is COc1ccsc1C(=O)c1cc(F)ccc1F. The number of ketones is 1. The maximum atomic E-state index is 13.4. The summed E-state index contributed by atoms with van der Waals surface area (Å²) in [5.74, 6) is -1.60. The van der Waals surface area contributed by atoms with Crippen LogP contribution in [0, 0.1) is 11.6 Å². The lowest BCUT2D eigenvalue weighted by Crippen LogP contribution is -2.04. The van der Waals surface area contributed by atoms with Gasteiger partial charge in [0.15, 0.2) is 0 Å². The van der Waals surface area contributed by atoms with Gasteiger partial charge in [-0.05, 0) is 29.6 Å². The Labute approximate surface area is 100 Å². The van der Waals surface area contributed by atoms with E-state index in [1.807, 2.05) is 0 Å². The van der Waals surface area contributed by atoms with Crippen LogP contribution in [0.5, 0.6) is 5.75 Å². The minimum atomic E-state index is -0.744. The van der Waals surface area contributed by atoms with Gasteiger partial charge < -0.3 is 4.74 Å². The Morgan fingerprint density at radius 3 is 2.76 bits per heavy atom. The summed E-state index contributed by atoms with van der Waals surface area (Å²) in [7, 11) is 1.42. The van der Waals surface area contributed by atoms with E-state index < -0.39 is 17.4 Å². The van der Waals surface area contributed by atoms with Gasteiger partial charge in [0.25, 0.3) is 0 Å². The van der Waals surface area contributed by atoms with Crippen molar-refractivity contribution in [2.75, 3.05) is 7.11 Å². The van der Waals surface area contributed by atoms with Gasteiger partial charge in [0.1, 0.15) is 22.3 Å². The third-order valence-corrected chi connectivity index (χ3v) is 3.12. The molecule has 88 valence electrons. The first kappa shape index (κ1) is 11.7. The van der Waals surface area contributed by atoms with Crippen molar-refractivity contribution in [3.63, 3.8) is 0 Å². The largest absolute Gasteiger partial charge is 0.495 e. The number of carbonyl (C=O) groups is 1. The van der Waals surface area contributed by atoms with Crippen molar-refractivity contribution in [2.45, 2.75) is 0 Å². The van der Waals surface area contributed by atoms with E-state index in [9.17, 15) is 13.6 Å². The summed E-state index contributed by atoms with van der Waals surface area (Å²) in [5, 5.41) is 1.66. The highest BCUT2D eigenvalue weighted by atomic mass is 32.1. The second kappa shape index (κ2) is 4.63. The maximum Gasteiger partial charge on any atom is 0.209 e. The summed E-state index contributed by atoms with van der Waals surface area (Å²) in [4.78, 5) is 12.2. The molecule has 1 aromatic carbocycles. The second-order valence-corrected chi connectivity index (χ2v) is 4.19. The van der Waals surface area contributed by atoms with Crippen LogP contribution in [-0.2, 0) is 0 Å². The lowest BCUT2D eigenvalue weighted by Gasteiger charge is -2.03. The van der Waals surface area contributed by atoms with Crippen molar-refractivity contribution in [1.82, 2.24) is 0 Å². The summed E-state index contributed by atoms with van der Waals surface area (Å²) < 4.78 is 31.4. The van der Waals surface area contributed by atoms with Gasteiger partial charge in [-0.2, -0.15) is 0 Å². The first-order valence-electron chi connectivity index (χ1n) is 4.74. The maximum absolute atomic E-state index is 13.4. The molecule has 0 N–H and O–H groups in total. The fraction of sp³-hybridized carbons (Fsp3) is 0.0833. The fourth-order valence-corrected chi connectivity index (χ4v) is 2.23. The molecule has 17 heavy (non-hydrogen) atoms. The highest BCUT2D eigenvalue weighted by Gasteiger charge is 2.19. The molecule has 1 heterocycles. The number of rotatable bonds is 3. The van der Waals surface area contributed by atoms with E-state index in [2.05, 4.69) is 0 Å². The highest BCUT2D eigenvalue weighted by Crippen LogP contribution is 2.28. The van der Waals surface area contributed by atoms with E-state index >= 15 is 0 Å². The van der Waals surface area contributed by atoms with Crippen LogP contribution in [0.2, 0.25) is 0 Å². The zero-order valence-corrected chi connectivity index (χ0v) is 9.68. The Hall–Kier alpha value is -1.75. The van der Waals surface area contributed by atoms with Gasteiger partial charge in [-0.3, -0.25) is 4.79 Å². The van der Waals surface area contributed by atoms with E-state index in [0.717, 1.165) is 29.5 Å². The molecule has 0 atom stereocenters.